The molecule has 1 aliphatic carbocycles. The Kier molecular flexibility index (Phi) is 13.9. The van der Waals surface area contributed by atoms with Gasteiger partial charge in [-0.1, -0.05) is 32.1 Å². The molecule has 3 aromatic rings. The van der Waals surface area contributed by atoms with Gasteiger partial charge >= 0.3 is 0 Å². The second-order valence-electron chi connectivity index (χ2n) is 17.2. The van der Waals surface area contributed by atoms with Crippen molar-refractivity contribution in [2.45, 2.75) is 93.3 Å². The standard InChI is InChI=1S/C44H50F2N2O12S4/c1-43(2)33-27-31(63(55,56)57)17-19-37(33)47(23-5-7-25-61(49,50)51)39(43)21-15-29-11-9-12-30(41(29)42-35(45)13-10-14-36(42)46)16-22-40-44(3,4)34-28-32(64(58,59)60)18-20-38(34)48(40)24-6-8-26-62(52,53)54/h10,13-22,27-28H,5-9,11-12,23-26H2,1-4H3,(H3-,49,50,51,52,53,54,55,56,57,58,59,60)/p+1. The molecule has 0 radical (unpaired) electrons. The third kappa shape index (κ3) is 10.7. The van der Waals surface area contributed by atoms with E-state index in [1.807, 2.05) is 37.2 Å². The fourth-order valence-corrected chi connectivity index (χ4v) is 11.0. The summed E-state index contributed by atoms with van der Waals surface area (Å²) in [4.78, 5) is 1.24. The summed E-state index contributed by atoms with van der Waals surface area (Å²) in [7, 11) is -17.6. The average Bonchev–Trinajstić information content (AvgIpc) is 3.52. The van der Waals surface area contributed by atoms with E-state index < -0.39 is 74.4 Å². The monoisotopic (exact) mass is 965 g/mol. The van der Waals surface area contributed by atoms with Gasteiger partial charge in [0, 0.05) is 47.5 Å². The van der Waals surface area contributed by atoms with E-state index in [-0.39, 0.29) is 41.3 Å². The molecule has 0 saturated heterocycles. The maximum atomic E-state index is 16.0. The maximum absolute atomic E-state index is 16.0. The van der Waals surface area contributed by atoms with Crippen molar-refractivity contribution in [1.29, 1.82) is 0 Å². The molecule has 0 bridgehead atoms. The average molecular weight is 966 g/mol. The van der Waals surface area contributed by atoms with Crippen LogP contribution >= 0.6 is 0 Å². The van der Waals surface area contributed by atoms with Gasteiger partial charge in [-0.15, -0.1) is 0 Å². The van der Waals surface area contributed by atoms with Crippen molar-refractivity contribution in [2.75, 3.05) is 29.5 Å². The highest BCUT2D eigenvalue weighted by atomic mass is 32.2. The number of benzene rings is 3. The molecular formula is C44H51F2N2O12S4+. The Hall–Kier alpha value is -4.41. The second kappa shape index (κ2) is 18.1. The molecule has 3 aromatic carbocycles. The van der Waals surface area contributed by atoms with Crippen LogP contribution in [0.5, 0.6) is 0 Å². The van der Waals surface area contributed by atoms with Gasteiger partial charge in [0.15, 0.2) is 5.71 Å². The highest BCUT2D eigenvalue weighted by Crippen LogP contribution is 2.49. The van der Waals surface area contributed by atoms with Gasteiger partial charge < -0.3 is 4.90 Å². The van der Waals surface area contributed by atoms with E-state index >= 15 is 8.78 Å². The van der Waals surface area contributed by atoms with Gasteiger partial charge in [-0.3, -0.25) is 18.2 Å². The van der Waals surface area contributed by atoms with Crippen molar-refractivity contribution in [2.24, 2.45) is 0 Å². The molecule has 14 nitrogen and oxygen atoms in total. The maximum Gasteiger partial charge on any atom is 0.294 e. The van der Waals surface area contributed by atoms with Crippen LogP contribution in [0.25, 0.3) is 5.57 Å². The summed E-state index contributed by atoms with van der Waals surface area (Å²) in [6.45, 7) is 7.87. The number of hydrogen-bond donors (Lipinski definition) is 4. The van der Waals surface area contributed by atoms with E-state index in [9.17, 15) is 51.9 Å². The quantitative estimate of drug-likeness (QED) is 0.0608. The Labute approximate surface area is 373 Å². The Bertz CT molecular complexity index is 2990. The summed E-state index contributed by atoms with van der Waals surface area (Å²) in [6, 6.07) is 11.9. The molecule has 2 heterocycles. The zero-order valence-electron chi connectivity index (χ0n) is 35.6. The highest BCUT2D eigenvalue weighted by Gasteiger charge is 2.45. The van der Waals surface area contributed by atoms with Crippen LogP contribution in [-0.2, 0) is 51.3 Å². The van der Waals surface area contributed by atoms with Crippen LogP contribution in [0, 0.1) is 11.6 Å². The molecule has 64 heavy (non-hydrogen) atoms. The van der Waals surface area contributed by atoms with Crippen LogP contribution in [0.3, 0.4) is 0 Å². The van der Waals surface area contributed by atoms with Gasteiger partial charge in [-0.05, 0) is 123 Å². The molecule has 2 aliphatic heterocycles. The van der Waals surface area contributed by atoms with E-state index in [1.165, 1.54) is 30.3 Å². The molecule has 0 atom stereocenters. The van der Waals surface area contributed by atoms with Crippen molar-refractivity contribution < 1.29 is 65.2 Å². The zero-order chi connectivity index (χ0) is 47.2. The number of halogens is 2. The fourth-order valence-electron chi connectivity index (χ4n) is 8.90. The third-order valence-corrected chi connectivity index (χ3v) is 15.3. The van der Waals surface area contributed by atoms with Gasteiger partial charge in [-0.2, -0.15) is 38.2 Å². The molecule has 3 aliphatic rings. The molecule has 0 amide bonds. The van der Waals surface area contributed by atoms with E-state index in [1.54, 1.807) is 36.4 Å². The fraction of sp³-hybridized carbons (Fsp3) is 0.386. The highest BCUT2D eigenvalue weighted by molar-refractivity contribution is 7.86. The first-order valence-corrected chi connectivity index (χ1v) is 26.6. The lowest BCUT2D eigenvalue weighted by Gasteiger charge is -2.28. The van der Waals surface area contributed by atoms with Gasteiger partial charge in [0.2, 0.25) is 5.69 Å². The van der Waals surface area contributed by atoms with E-state index in [0.29, 0.717) is 82.7 Å². The number of fused-ring (bicyclic) bond motifs is 2. The van der Waals surface area contributed by atoms with Crippen LogP contribution < -0.4 is 4.90 Å². The van der Waals surface area contributed by atoms with Crippen molar-refractivity contribution in [3.8, 4) is 0 Å². The second-order valence-corrected chi connectivity index (χ2v) is 23.1. The number of allylic oxidation sites excluding steroid dienone is 8. The number of hydrogen-bond acceptors (Lipinski definition) is 9. The molecule has 0 aromatic heterocycles. The Morgan fingerprint density at radius 3 is 1.86 bits per heavy atom. The van der Waals surface area contributed by atoms with Gasteiger partial charge in [0.25, 0.3) is 40.5 Å². The topological polar surface area (TPSA) is 224 Å². The number of rotatable bonds is 16. The molecule has 0 unspecified atom stereocenters. The lowest BCUT2D eigenvalue weighted by molar-refractivity contribution is -0.438. The summed E-state index contributed by atoms with van der Waals surface area (Å²) in [6.07, 6.45) is 9.26. The summed E-state index contributed by atoms with van der Waals surface area (Å²) >= 11 is 0. The number of nitrogens with zero attached hydrogens (tertiary/aromatic N) is 2. The Morgan fingerprint density at radius 1 is 0.688 bits per heavy atom. The molecule has 4 N–H and O–H groups in total. The molecule has 6 rings (SSSR count). The number of unbranched alkanes of at least 4 members (excludes halogenated alkanes) is 2. The SMILES string of the molecule is CC1(C)C(/C=C/C2=C(c3c(F)cccc3F)C(=C/C=C3/N(CCCCS(=O)(=O)O)c4ccc(S(=O)(=O)O)cc4C3(C)C)/CCC2)=[N+](CCCCS(=O)(=O)O)c2ccc(S(=O)(=O)O)cc21. The summed E-state index contributed by atoms with van der Waals surface area (Å²) in [5, 5.41) is 0. The van der Waals surface area contributed by atoms with Gasteiger partial charge in [-0.25, -0.2) is 8.78 Å². The normalized spacial score (nSPS) is 19.1. The summed E-state index contributed by atoms with van der Waals surface area (Å²) < 4.78 is 167. The minimum absolute atomic E-state index is 0.113. The molecular weight excluding hydrogens is 915 g/mol. The lowest BCUT2D eigenvalue weighted by atomic mass is 9.79. The van der Waals surface area contributed by atoms with Crippen LogP contribution in [0.2, 0.25) is 0 Å². The van der Waals surface area contributed by atoms with E-state index in [2.05, 4.69) is 0 Å². The van der Waals surface area contributed by atoms with Crippen LogP contribution in [0.4, 0.5) is 20.2 Å². The molecule has 0 saturated carbocycles. The predicted octanol–water partition coefficient (Wildman–Crippen LogP) is 7.97. The molecule has 20 heteroatoms. The van der Waals surface area contributed by atoms with Crippen molar-refractivity contribution in [3.05, 3.63) is 124 Å². The first kappa shape index (κ1) is 49.0. The zero-order valence-corrected chi connectivity index (χ0v) is 38.9. The van der Waals surface area contributed by atoms with Gasteiger partial charge in [0.1, 0.15) is 18.2 Å². The smallest absolute Gasteiger partial charge is 0.294 e. The third-order valence-electron chi connectivity index (χ3n) is 12.0. The largest absolute Gasteiger partial charge is 0.344 e. The van der Waals surface area contributed by atoms with E-state index in [0.717, 1.165) is 12.1 Å². The summed E-state index contributed by atoms with van der Waals surface area (Å²) in [5.74, 6) is -2.57. The van der Waals surface area contributed by atoms with Crippen molar-refractivity contribution in [1.82, 2.24) is 0 Å². The Balaban J connectivity index is 1.50. The predicted molar refractivity (Wildman–Crippen MR) is 239 cm³/mol. The van der Waals surface area contributed by atoms with Gasteiger partial charge in [0.05, 0.1) is 32.3 Å². The van der Waals surface area contributed by atoms with Crippen LogP contribution in [0.1, 0.15) is 89.3 Å². The Morgan fingerprint density at radius 2 is 1.27 bits per heavy atom. The minimum Gasteiger partial charge on any atom is -0.344 e. The molecule has 0 spiro atoms. The van der Waals surface area contributed by atoms with Crippen molar-refractivity contribution >= 4 is 63.1 Å². The molecule has 0 fully saturated rings. The first-order chi connectivity index (χ1) is 29.6. The summed E-state index contributed by atoms with van der Waals surface area (Å²) in [5.41, 5.74) is 2.93. The lowest BCUT2D eigenvalue weighted by Crippen LogP contribution is -2.28. The first-order valence-electron chi connectivity index (χ1n) is 20.5. The van der Waals surface area contributed by atoms with Crippen LogP contribution in [-0.4, -0.2) is 86.8 Å². The van der Waals surface area contributed by atoms with Crippen LogP contribution in [0.15, 0.2) is 106 Å². The number of anilines is 1. The minimum atomic E-state index is -4.58. The molecule has 346 valence electrons. The van der Waals surface area contributed by atoms with E-state index in [4.69, 9.17) is 0 Å². The van der Waals surface area contributed by atoms with Crippen molar-refractivity contribution in [3.63, 3.8) is 0 Å².